The predicted molar refractivity (Wildman–Crippen MR) is 67.5 cm³/mol. The van der Waals surface area contributed by atoms with Crippen LogP contribution in [0.1, 0.15) is 27.2 Å². The average Bonchev–Trinajstić information content (AvgIpc) is 2.27. The minimum atomic E-state index is -0.399. The molecule has 0 aliphatic carbocycles. The van der Waals surface area contributed by atoms with Gasteiger partial charge in [-0.2, -0.15) is 0 Å². The zero-order valence-electron chi connectivity index (χ0n) is 11.2. The van der Waals surface area contributed by atoms with Crippen molar-refractivity contribution in [2.24, 2.45) is 5.41 Å². The van der Waals surface area contributed by atoms with E-state index in [4.69, 9.17) is 10.2 Å². The number of aliphatic hydroxyl groups is 2. The fraction of sp³-hybridized carbons (Fsp3) is 1.00. The molecule has 98 valence electrons. The lowest BCUT2D eigenvalue weighted by molar-refractivity contribution is 0.0697. The van der Waals surface area contributed by atoms with E-state index >= 15 is 0 Å². The third-order valence-electron chi connectivity index (χ3n) is 3.06. The molecule has 0 saturated carbocycles. The van der Waals surface area contributed by atoms with Crippen molar-refractivity contribution in [2.45, 2.75) is 33.2 Å². The highest BCUT2D eigenvalue weighted by atomic mass is 16.3. The Bertz CT molecular complexity index is 170. The van der Waals surface area contributed by atoms with E-state index in [2.05, 4.69) is 31.1 Å². The van der Waals surface area contributed by atoms with Crippen LogP contribution in [0.15, 0.2) is 0 Å². The summed E-state index contributed by atoms with van der Waals surface area (Å²) >= 11 is 0. The van der Waals surface area contributed by atoms with Gasteiger partial charge in [-0.3, -0.25) is 0 Å². The molecule has 4 nitrogen and oxygen atoms in total. The molecule has 16 heavy (non-hydrogen) atoms. The number of nitrogens with one attached hydrogen (secondary N) is 1. The van der Waals surface area contributed by atoms with Crippen LogP contribution in [0.4, 0.5) is 0 Å². The van der Waals surface area contributed by atoms with Crippen molar-refractivity contribution in [3.63, 3.8) is 0 Å². The topological polar surface area (TPSA) is 55.7 Å². The van der Waals surface area contributed by atoms with Crippen molar-refractivity contribution in [3.05, 3.63) is 0 Å². The maximum Gasteiger partial charge on any atom is 0.0518 e. The van der Waals surface area contributed by atoms with Gasteiger partial charge in [-0.15, -0.1) is 0 Å². The smallest absolute Gasteiger partial charge is 0.0518 e. The average molecular weight is 232 g/mol. The second-order valence-electron chi connectivity index (χ2n) is 5.23. The van der Waals surface area contributed by atoms with Crippen molar-refractivity contribution >= 4 is 0 Å². The van der Waals surface area contributed by atoms with Crippen molar-refractivity contribution < 1.29 is 10.2 Å². The van der Waals surface area contributed by atoms with E-state index in [0.717, 1.165) is 19.5 Å². The molecule has 0 spiro atoms. The molecule has 0 atom stereocenters. The largest absolute Gasteiger partial charge is 0.396 e. The van der Waals surface area contributed by atoms with Crippen LogP contribution in [0.3, 0.4) is 0 Å². The Balaban J connectivity index is 3.53. The monoisotopic (exact) mass is 232 g/mol. The molecule has 0 saturated heterocycles. The van der Waals surface area contributed by atoms with Gasteiger partial charge in [0.1, 0.15) is 0 Å². The van der Waals surface area contributed by atoms with Crippen LogP contribution in [0.5, 0.6) is 0 Å². The summed E-state index contributed by atoms with van der Waals surface area (Å²) in [5.74, 6) is 0. The lowest BCUT2D eigenvalue weighted by Gasteiger charge is -2.25. The Hall–Kier alpha value is -0.160. The molecule has 3 N–H and O–H groups in total. The first-order valence-corrected chi connectivity index (χ1v) is 6.08. The van der Waals surface area contributed by atoms with Gasteiger partial charge in [0.25, 0.3) is 0 Å². The van der Waals surface area contributed by atoms with Crippen LogP contribution in [0.25, 0.3) is 0 Å². The van der Waals surface area contributed by atoms with Crippen LogP contribution in [-0.2, 0) is 0 Å². The fourth-order valence-electron chi connectivity index (χ4n) is 1.26. The Kier molecular flexibility index (Phi) is 7.93. The number of aliphatic hydroxyl groups excluding tert-OH is 2. The van der Waals surface area contributed by atoms with Gasteiger partial charge in [0, 0.05) is 18.0 Å². The zero-order valence-corrected chi connectivity index (χ0v) is 11.2. The normalized spacial score (nSPS) is 12.8. The van der Waals surface area contributed by atoms with Gasteiger partial charge in [0.05, 0.1) is 13.2 Å². The Labute approximate surface area is 99.7 Å². The molecule has 0 bridgehead atoms. The maximum atomic E-state index is 9.09. The van der Waals surface area contributed by atoms with Crippen molar-refractivity contribution in [1.82, 2.24) is 10.2 Å². The minimum Gasteiger partial charge on any atom is -0.396 e. The SMILES string of the molecule is CC(C)N(C)CCCNCC(C)(CO)CO. The molecule has 0 unspecified atom stereocenters. The second-order valence-corrected chi connectivity index (χ2v) is 5.23. The van der Waals surface area contributed by atoms with Gasteiger partial charge < -0.3 is 20.4 Å². The molecule has 0 rings (SSSR count). The van der Waals surface area contributed by atoms with E-state index in [0.29, 0.717) is 12.6 Å². The molecular weight excluding hydrogens is 204 g/mol. The maximum absolute atomic E-state index is 9.09. The molecule has 4 heteroatoms. The van der Waals surface area contributed by atoms with Crippen LogP contribution < -0.4 is 5.32 Å². The van der Waals surface area contributed by atoms with Gasteiger partial charge in [-0.1, -0.05) is 6.92 Å². The van der Waals surface area contributed by atoms with Crippen molar-refractivity contribution in [2.75, 3.05) is 39.9 Å². The van der Waals surface area contributed by atoms with Crippen LogP contribution in [0.2, 0.25) is 0 Å². The van der Waals surface area contributed by atoms with Crippen LogP contribution >= 0.6 is 0 Å². The molecule has 0 aliphatic rings. The van der Waals surface area contributed by atoms with Crippen molar-refractivity contribution in [1.29, 1.82) is 0 Å². The van der Waals surface area contributed by atoms with Crippen LogP contribution in [-0.4, -0.2) is 61.1 Å². The molecule has 0 aromatic heterocycles. The standard InChI is InChI=1S/C12H28N2O2/c1-11(2)14(4)7-5-6-13-8-12(3,9-15)10-16/h11,13,15-16H,5-10H2,1-4H3. The lowest BCUT2D eigenvalue weighted by Crippen LogP contribution is -2.39. The summed E-state index contributed by atoms with van der Waals surface area (Å²) in [5.41, 5.74) is -0.399. The lowest BCUT2D eigenvalue weighted by atomic mass is 9.93. The summed E-state index contributed by atoms with van der Waals surface area (Å²) in [6, 6.07) is 0.583. The molecule has 0 aliphatic heterocycles. The molecule has 0 heterocycles. The van der Waals surface area contributed by atoms with Gasteiger partial charge in [-0.05, 0) is 40.4 Å². The summed E-state index contributed by atoms with van der Waals surface area (Å²) in [4.78, 5) is 2.30. The molecule has 0 fully saturated rings. The van der Waals surface area contributed by atoms with E-state index in [9.17, 15) is 0 Å². The molecule has 0 radical (unpaired) electrons. The fourth-order valence-corrected chi connectivity index (χ4v) is 1.26. The molecule has 0 amide bonds. The first-order valence-electron chi connectivity index (χ1n) is 6.08. The summed E-state index contributed by atoms with van der Waals surface area (Å²) in [5, 5.41) is 21.5. The number of hydrogen-bond donors (Lipinski definition) is 3. The second kappa shape index (κ2) is 8.01. The van der Waals surface area contributed by atoms with Gasteiger partial charge in [-0.25, -0.2) is 0 Å². The van der Waals surface area contributed by atoms with Crippen molar-refractivity contribution in [3.8, 4) is 0 Å². The number of nitrogens with zero attached hydrogens (tertiary/aromatic N) is 1. The summed E-state index contributed by atoms with van der Waals surface area (Å²) in [6.45, 7) is 8.92. The first-order chi connectivity index (χ1) is 7.45. The summed E-state index contributed by atoms with van der Waals surface area (Å²) < 4.78 is 0. The van der Waals surface area contributed by atoms with Gasteiger partial charge >= 0.3 is 0 Å². The number of rotatable bonds is 9. The highest BCUT2D eigenvalue weighted by Crippen LogP contribution is 2.11. The van der Waals surface area contributed by atoms with E-state index in [1.165, 1.54) is 0 Å². The van der Waals surface area contributed by atoms with Gasteiger partial charge in [0.2, 0.25) is 0 Å². The van der Waals surface area contributed by atoms with E-state index in [1.54, 1.807) is 0 Å². The highest BCUT2D eigenvalue weighted by molar-refractivity contribution is 4.74. The van der Waals surface area contributed by atoms with E-state index < -0.39 is 5.41 Å². The van der Waals surface area contributed by atoms with Gasteiger partial charge in [0.15, 0.2) is 0 Å². The Morgan fingerprint density at radius 1 is 1.25 bits per heavy atom. The Morgan fingerprint density at radius 2 is 1.81 bits per heavy atom. The minimum absolute atomic E-state index is 0.0163. The quantitative estimate of drug-likeness (QED) is 0.500. The first kappa shape index (κ1) is 15.8. The van der Waals surface area contributed by atoms with Crippen LogP contribution in [0, 0.1) is 5.41 Å². The molecule has 0 aromatic rings. The Morgan fingerprint density at radius 3 is 2.25 bits per heavy atom. The summed E-state index contributed by atoms with van der Waals surface area (Å²) in [6.07, 6.45) is 1.08. The number of hydrogen-bond acceptors (Lipinski definition) is 4. The predicted octanol–water partition coefficient (Wildman–Crippen LogP) is 0.297. The summed E-state index contributed by atoms with van der Waals surface area (Å²) in [7, 11) is 2.12. The van der Waals surface area contributed by atoms with E-state index in [1.807, 2.05) is 6.92 Å². The third kappa shape index (κ3) is 6.43. The zero-order chi connectivity index (χ0) is 12.6. The highest BCUT2D eigenvalue weighted by Gasteiger charge is 2.21. The third-order valence-corrected chi connectivity index (χ3v) is 3.06. The molecular formula is C12H28N2O2. The van der Waals surface area contributed by atoms with E-state index in [-0.39, 0.29) is 13.2 Å². The molecule has 0 aromatic carbocycles.